The first kappa shape index (κ1) is 15.1. The normalized spacial score (nSPS) is 19.2. The van der Waals surface area contributed by atoms with Gasteiger partial charge in [0.1, 0.15) is 5.70 Å². The van der Waals surface area contributed by atoms with Crippen molar-refractivity contribution >= 4 is 17.3 Å². The van der Waals surface area contributed by atoms with Crippen molar-refractivity contribution in [1.82, 2.24) is 15.0 Å². The Kier molecular flexibility index (Phi) is 3.39. The van der Waals surface area contributed by atoms with Crippen LogP contribution in [0.15, 0.2) is 72.7 Å². The molecule has 25 heavy (non-hydrogen) atoms. The second-order valence-electron chi connectivity index (χ2n) is 6.10. The second-order valence-corrected chi connectivity index (χ2v) is 6.10. The number of anilines is 1. The van der Waals surface area contributed by atoms with Crippen molar-refractivity contribution < 1.29 is 4.79 Å². The summed E-state index contributed by atoms with van der Waals surface area (Å²) in [6.07, 6.45) is 3.30. The van der Waals surface area contributed by atoms with E-state index in [0.29, 0.717) is 11.4 Å². The van der Waals surface area contributed by atoms with Crippen molar-refractivity contribution in [3.63, 3.8) is 0 Å². The summed E-state index contributed by atoms with van der Waals surface area (Å²) in [6, 6.07) is 17.9. The molecule has 1 aromatic heterocycles. The van der Waals surface area contributed by atoms with Crippen LogP contribution in [-0.2, 0) is 10.2 Å². The van der Waals surface area contributed by atoms with Crippen LogP contribution in [0.5, 0.6) is 0 Å². The van der Waals surface area contributed by atoms with Crippen molar-refractivity contribution in [2.24, 2.45) is 5.73 Å². The molecule has 3 aromatic rings. The maximum Gasteiger partial charge on any atom is 0.267 e. The summed E-state index contributed by atoms with van der Waals surface area (Å²) in [7, 11) is 0. The minimum atomic E-state index is -0.624. The predicted octanol–water partition coefficient (Wildman–Crippen LogP) is 2.36. The van der Waals surface area contributed by atoms with Crippen LogP contribution in [0.2, 0.25) is 0 Å². The monoisotopic (exact) mass is 331 g/mol. The Labute approximate surface area is 145 Å². The quantitative estimate of drug-likeness (QED) is 0.771. The topological polar surface area (TPSA) is 85.8 Å². The van der Waals surface area contributed by atoms with Gasteiger partial charge in [0, 0.05) is 5.69 Å². The van der Waals surface area contributed by atoms with Crippen LogP contribution in [-0.4, -0.2) is 20.9 Å². The number of primary amides is 1. The Hall–Kier alpha value is -3.41. The van der Waals surface area contributed by atoms with E-state index in [9.17, 15) is 4.79 Å². The number of carbonyl (C=O) groups is 1. The summed E-state index contributed by atoms with van der Waals surface area (Å²) in [4.78, 5) is 12.2. The molecule has 0 aliphatic carbocycles. The van der Waals surface area contributed by atoms with Crippen molar-refractivity contribution in [2.75, 3.05) is 5.32 Å². The van der Waals surface area contributed by atoms with Gasteiger partial charge >= 0.3 is 0 Å². The summed E-state index contributed by atoms with van der Waals surface area (Å²) in [5, 5.41) is 11.2. The largest absolute Gasteiger partial charge is 0.364 e. The van der Waals surface area contributed by atoms with Gasteiger partial charge in [-0.25, -0.2) is 4.68 Å². The molecule has 1 aliphatic rings. The lowest BCUT2D eigenvalue weighted by molar-refractivity contribution is -0.114. The number of fused-ring (bicyclic) bond motifs is 1. The molecule has 0 bridgehead atoms. The summed E-state index contributed by atoms with van der Waals surface area (Å²) in [5.41, 5.74) is 8.97. The van der Waals surface area contributed by atoms with Gasteiger partial charge in [-0.15, -0.1) is 5.10 Å². The molecule has 6 heteroatoms. The number of nitrogens with two attached hydrogens (primary N) is 1. The molecule has 0 saturated heterocycles. The van der Waals surface area contributed by atoms with Gasteiger partial charge in [-0.1, -0.05) is 53.7 Å². The molecular formula is C19H17N5O. The molecule has 1 unspecified atom stereocenters. The van der Waals surface area contributed by atoms with E-state index in [0.717, 1.165) is 16.8 Å². The van der Waals surface area contributed by atoms with Gasteiger partial charge in [0.25, 0.3) is 5.91 Å². The summed E-state index contributed by atoms with van der Waals surface area (Å²) >= 11 is 0. The fraction of sp³-hybridized carbons (Fsp3) is 0.105. The van der Waals surface area contributed by atoms with Crippen LogP contribution < -0.4 is 11.1 Å². The van der Waals surface area contributed by atoms with E-state index in [4.69, 9.17) is 5.73 Å². The van der Waals surface area contributed by atoms with Crippen molar-refractivity contribution in [3.05, 3.63) is 83.8 Å². The number of benzene rings is 2. The Bertz CT molecular complexity index is 962. The smallest absolute Gasteiger partial charge is 0.267 e. The van der Waals surface area contributed by atoms with E-state index < -0.39 is 11.3 Å². The van der Waals surface area contributed by atoms with Crippen LogP contribution in [0.25, 0.3) is 5.70 Å². The molecule has 6 nitrogen and oxygen atoms in total. The second kappa shape index (κ2) is 5.59. The Morgan fingerprint density at radius 2 is 1.84 bits per heavy atom. The number of rotatable bonds is 3. The van der Waals surface area contributed by atoms with Crippen molar-refractivity contribution in [3.8, 4) is 0 Å². The zero-order valence-corrected chi connectivity index (χ0v) is 13.7. The van der Waals surface area contributed by atoms with E-state index in [1.807, 2.05) is 54.6 Å². The van der Waals surface area contributed by atoms with E-state index in [2.05, 4.69) is 22.6 Å². The van der Waals surface area contributed by atoms with Crippen LogP contribution in [0.4, 0.5) is 5.69 Å². The first-order valence-corrected chi connectivity index (χ1v) is 7.95. The fourth-order valence-corrected chi connectivity index (χ4v) is 3.51. The zero-order valence-electron chi connectivity index (χ0n) is 13.7. The predicted molar refractivity (Wildman–Crippen MR) is 95.4 cm³/mol. The van der Waals surface area contributed by atoms with Crippen LogP contribution in [0.1, 0.15) is 18.1 Å². The Morgan fingerprint density at radius 1 is 1.12 bits per heavy atom. The number of hydrogen-bond donors (Lipinski definition) is 2. The molecule has 0 saturated carbocycles. The van der Waals surface area contributed by atoms with Crippen molar-refractivity contribution in [1.29, 1.82) is 0 Å². The van der Waals surface area contributed by atoms with Crippen LogP contribution in [0, 0.1) is 0 Å². The van der Waals surface area contributed by atoms with E-state index >= 15 is 0 Å². The molecule has 0 fully saturated rings. The maximum atomic E-state index is 12.2. The number of nitrogens with zero attached hydrogens (tertiary/aromatic N) is 3. The minimum Gasteiger partial charge on any atom is -0.364 e. The van der Waals surface area contributed by atoms with E-state index in [1.165, 1.54) is 0 Å². The zero-order chi connectivity index (χ0) is 17.4. The number of carbonyl (C=O) groups excluding carboxylic acids is 1. The molecule has 0 radical (unpaired) electrons. The van der Waals surface area contributed by atoms with E-state index in [1.54, 1.807) is 17.1 Å². The van der Waals surface area contributed by atoms with E-state index in [-0.39, 0.29) is 0 Å². The molecule has 3 N–H and O–H groups in total. The van der Waals surface area contributed by atoms with Crippen LogP contribution in [0.3, 0.4) is 0 Å². The number of amides is 1. The highest BCUT2D eigenvalue weighted by atomic mass is 16.1. The number of para-hydroxylation sites is 1. The Morgan fingerprint density at radius 3 is 2.52 bits per heavy atom. The van der Waals surface area contributed by atoms with Gasteiger partial charge in [0.2, 0.25) is 0 Å². The molecule has 4 rings (SSSR count). The first-order valence-electron chi connectivity index (χ1n) is 7.95. The number of allylic oxidation sites excluding steroid dienone is 1. The van der Waals surface area contributed by atoms with Crippen LogP contribution >= 0.6 is 0 Å². The van der Waals surface area contributed by atoms with Gasteiger partial charge in [-0.2, -0.15) is 0 Å². The number of hydrogen-bond acceptors (Lipinski definition) is 4. The van der Waals surface area contributed by atoms with Gasteiger partial charge in [0.15, 0.2) is 0 Å². The lowest BCUT2D eigenvalue weighted by Gasteiger charge is -2.39. The molecule has 124 valence electrons. The highest BCUT2D eigenvalue weighted by Gasteiger charge is 2.43. The maximum absolute atomic E-state index is 12.2. The summed E-state index contributed by atoms with van der Waals surface area (Å²) < 4.78 is 1.61. The lowest BCUT2D eigenvalue weighted by atomic mass is 9.70. The highest BCUT2D eigenvalue weighted by Crippen LogP contribution is 2.48. The highest BCUT2D eigenvalue weighted by molar-refractivity contribution is 6.04. The summed E-state index contributed by atoms with van der Waals surface area (Å²) in [6.45, 7) is 2.07. The molecule has 1 amide bonds. The van der Waals surface area contributed by atoms with Gasteiger partial charge in [-0.05, 0) is 24.1 Å². The van der Waals surface area contributed by atoms with Crippen molar-refractivity contribution in [2.45, 2.75) is 12.3 Å². The average molecular weight is 331 g/mol. The lowest BCUT2D eigenvalue weighted by Crippen LogP contribution is -2.38. The van der Waals surface area contributed by atoms with Gasteiger partial charge < -0.3 is 11.1 Å². The molecular weight excluding hydrogens is 314 g/mol. The fourth-order valence-electron chi connectivity index (χ4n) is 3.51. The molecule has 0 spiro atoms. The third-order valence-corrected chi connectivity index (χ3v) is 4.68. The average Bonchev–Trinajstić information content (AvgIpc) is 3.16. The standard InChI is InChI=1S/C19H17N5O/c1-19(13-7-3-2-4-8-13)14-9-5-6-10-15(14)22-16(18(20)25)17(19)24-12-11-21-23-24/h2-12,22H,1H3,(H2,20,25). The van der Waals surface area contributed by atoms with Gasteiger partial charge in [-0.3, -0.25) is 4.79 Å². The molecule has 1 atom stereocenters. The summed E-state index contributed by atoms with van der Waals surface area (Å²) in [5.74, 6) is -0.540. The first-order chi connectivity index (χ1) is 12.1. The third-order valence-electron chi connectivity index (χ3n) is 4.68. The number of nitrogens with one attached hydrogen (secondary N) is 1. The molecule has 2 aromatic carbocycles. The minimum absolute atomic E-state index is 0.315. The third kappa shape index (κ3) is 2.22. The SMILES string of the molecule is CC1(c2ccccc2)C(n2ccnn2)=C(C(N)=O)Nc2ccccc21. The molecule has 2 heterocycles. The number of aromatic nitrogens is 3. The Balaban J connectivity index is 2.10. The molecule has 1 aliphatic heterocycles. The van der Waals surface area contributed by atoms with Gasteiger partial charge in [0.05, 0.1) is 23.5 Å².